The summed E-state index contributed by atoms with van der Waals surface area (Å²) in [4.78, 5) is 14.7. The van der Waals surface area contributed by atoms with Crippen LogP contribution in [0.15, 0.2) is 29.4 Å². The third kappa shape index (κ3) is 5.53. The minimum absolute atomic E-state index is 0.0804. The van der Waals surface area contributed by atoms with Gasteiger partial charge in [-0.25, -0.2) is 4.68 Å². The van der Waals surface area contributed by atoms with Gasteiger partial charge in [0.2, 0.25) is 11.1 Å². The number of aromatic nitrogens is 3. The average molecular weight is 431 g/mol. The Labute approximate surface area is 181 Å². The number of amides is 1. The summed E-state index contributed by atoms with van der Waals surface area (Å²) < 4.78 is 6.95. The van der Waals surface area contributed by atoms with Gasteiger partial charge in [0, 0.05) is 31.2 Å². The molecule has 0 radical (unpaired) electrons. The Kier molecular flexibility index (Phi) is 7.24. The second-order valence-electron chi connectivity index (χ2n) is 7.97. The monoisotopic (exact) mass is 430 g/mol. The van der Waals surface area contributed by atoms with Crippen molar-refractivity contribution in [3.8, 4) is 0 Å². The molecule has 1 aliphatic heterocycles. The molecular formula is C21H30N6O2S. The van der Waals surface area contributed by atoms with Crippen LogP contribution in [0.25, 0.3) is 0 Å². The van der Waals surface area contributed by atoms with Gasteiger partial charge < -0.3 is 15.9 Å². The van der Waals surface area contributed by atoms with E-state index in [2.05, 4.69) is 32.5 Å². The van der Waals surface area contributed by atoms with Crippen LogP contribution in [0, 0.1) is 0 Å². The average Bonchev–Trinajstić information content (AvgIpc) is 3.15. The SMILES string of the molecule is Nn1c(SCC(=O)Nc2ccc(CN3CCOCC3)cc2)nnc1C1CCCCC1. The largest absolute Gasteiger partial charge is 0.379 e. The zero-order chi connectivity index (χ0) is 20.8. The van der Waals surface area contributed by atoms with Crippen molar-refractivity contribution in [1.82, 2.24) is 19.8 Å². The summed E-state index contributed by atoms with van der Waals surface area (Å²) in [6, 6.07) is 8.02. The van der Waals surface area contributed by atoms with Gasteiger partial charge in [0.05, 0.1) is 19.0 Å². The summed E-state index contributed by atoms with van der Waals surface area (Å²) in [5.74, 6) is 7.58. The number of nitrogens with two attached hydrogens (primary N) is 1. The highest BCUT2D eigenvalue weighted by molar-refractivity contribution is 7.99. The standard InChI is InChI=1S/C21H30N6O2S/c22-27-20(17-4-2-1-3-5-17)24-25-21(27)30-15-19(28)23-18-8-6-16(7-9-18)14-26-10-12-29-13-11-26/h6-9,17H,1-5,10-15,22H2,(H,23,28). The van der Waals surface area contributed by atoms with Crippen LogP contribution < -0.4 is 11.2 Å². The molecule has 1 aliphatic carbocycles. The van der Waals surface area contributed by atoms with Crippen molar-refractivity contribution in [2.24, 2.45) is 0 Å². The van der Waals surface area contributed by atoms with Gasteiger partial charge in [-0.2, -0.15) is 0 Å². The molecule has 0 spiro atoms. The van der Waals surface area contributed by atoms with Crippen molar-refractivity contribution in [2.75, 3.05) is 43.2 Å². The lowest BCUT2D eigenvalue weighted by Crippen LogP contribution is -2.35. The number of anilines is 1. The number of nitrogens with one attached hydrogen (secondary N) is 1. The second-order valence-corrected chi connectivity index (χ2v) is 8.91. The first-order chi connectivity index (χ1) is 14.7. The summed E-state index contributed by atoms with van der Waals surface area (Å²) in [6.45, 7) is 4.42. The van der Waals surface area contributed by atoms with Gasteiger partial charge in [-0.1, -0.05) is 43.2 Å². The number of hydrogen-bond donors (Lipinski definition) is 2. The fraction of sp³-hybridized carbons (Fsp3) is 0.571. The highest BCUT2D eigenvalue weighted by Gasteiger charge is 2.22. The zero-order valence-corrected chi connectivity index (χ0v) is 18.1. The molecule has 2 heterocycles. The van der Waals surface area contributed by atoms with E-state index in [1.165, 1.54) is 36.6 Å². The van der Waals surface area contributed by atoms with Gasteiger partial charge in [0.15, 0.2) is 5.82 Å². The molecule has 1 aromatic heterocycles. The van der Waals surface area contributed by atoms with Crippen LogP contribution in [0.3, 0.4) is 0 Å². The van der Waals surface area contributed by atoms with Gasteiger partial charge in [-0.3, -0.25) is 9.69 Å². The Morgan fingerprint density at radius 1 is 1.13 bits per heavy atom. The molecule has 1 amide bonds. The van der Waals surface area contributed by atoms with Crippen LogP contribution in [-0.2, 0) is 16.1 Å². The summed E-state index contributed by atoms with van der Waals surface area (Å²) in [7, 11) is 0. The number of morpholine rings is 1. The molecule has 0 bridgehead atoms. The molecule has 1 saturated carbocycles. The molecule has 1 aromatic carbocycles. The lowest BCUT2D eigenvalue weighted by atomic mass is 9.89. The van der Waals surface area contributed by atoms with Crippen molar-refractivity contribution in [1.29, 1.82) is 0 Å². The molecule has 2 fully saturated rings. The van der Waals surface area contributed by atoms with Gasteiger partial charge in [-0.05, 0) is 30.5 Å². The third-order valence-corrected chi connectivity index (χ3v) is 6.68. The van der Waals surface area contributed by atoms with E-state index in [0.717, 1.165) is 57.2 Å². The lowest BCUT2D eigenvalue weighted by molar-refractivity contribution is -0.113. The van der Waals surface area contributed by atoms with E-state index >= 15 is 0 Å². The predicted octanol–water partition coefficient (Wildman–Crippen LogP) is 2.60. The molecule has 2 aliphatic rings. The Hall–Kier alpha value is -2.10. The number of ether oxygens (including phenoxy) is 1. The predicted molar refractivity (Wildman–Crippen MR) is 118 cm³/mol. The number of carbonyl (C=O) groups is 1. The maximum absolute atomic E-state index is 12.4. The summed E-state index contributed by atoms with van der Waals surface area (Å²) in [5, 5.41) is 12.0. The normalized spacial score (nSPS) is 18.4. The molecule has 1 saturated heterocycles. The number of nitrogen functional groups attached to an aromatic ring is 1. The first-order valence-electron chi connectivity index (χ1n) is 10.7. The fourth-order valence-corrected chi connectivity index (χ4v) is 4.73. The van der Waals surface area contributed by atoms with Crippen LogP contribution in [0.5, 0.6) is 0 Å². The van der Waals surface area contributed by atoms with Crippen LogP contribution in [0.1, 0.15) is 49.4 Å². The molecule has 2 aromatic rings. The lowest BCUT2D eigenvalue weighted by Gasteiger charge is -2.26. The van der Waals surface area contributed by atoms with E-state index in [-0.39, 0.29) is 11.7 Å². The van der Waals surface area contributed by atoms with E-state index in [4.69, 9.17) is 10.6 Å². The van der Waals surface area contributed by atoms with Gasteiger partial charge in [0.1, 0.15) is 0 Å². The van der Waals surface area contributed by atoms with Crippen LogP contribution in [0.4, 0.5) is 5.69 Å². The van der Waals surface area contributed by atoms with E-state index in [1.807, 2.05) is 12.1 Å². The Bertz CT molecular complexity index is 829. The number of thioether (sulfide) groups is 1. The molecule has 30 heavy (non-hydrogen) atoms. The molecule has 162 valence electrons. The minimum Gasteiger partial charge on any atom is -0.379 e. The first-order valence-corrected chi connectivity index (χ1v) is 11.7. The minimum atomic E-state index is -0.0804. The maximum Gasteiger partial charge on any atom is 0.234 e. The zero-order valence-electron chi connectivity index (χ0n) is 17.3. The topological polar surface area (TPSA) is 98.3 Å². The second kappa shape index (κ2) is 10.3. The van der Waals surface area contributed by atoms with E-state index in [1.54, 1.807) is 4.68 Å². The number of carbonyl (C=O) groups excluding carboxylic acids is 1. The van der Waals surface area contributed by atoms with Gasteiger partial charge in [0.25, 0.3) is 0 Å². The number of benzene rings is 1. The molecule has 3 N–H and O–H groups in total. The Balaban J connectivity index is 1.25. The summed E-state index contributed by atoms with van der Waals surface area (Å²) >= 11 is 1.32. The van der Waals surface area contributed by atoms with Crippen molar-refractivity contribution in [3.63, 3.8) is 0 Å². The molecule has 4 rings (SSSR count). The van der Waals surface area contributed by atoms with Gasteiger partial charge >= 0.3 is 0 Å². The van der Waals surface area contributed by atoms with Gasteiger partial charge in [-0.15, -0.1) is 10.2 Å². The Morgan fingerprint density at radius 2 is 1.87 bits per heavy atom. The molecule has 8 nitrogen and oxygen atoms in total. The van der Waals surface area contributed by atoms with E-state index in [0.29, 0.717) is 11.1 Å². The molecular weight excluding hydrogens is 400 g/mol. The number of nitrogens with zero attached hydrogens (tertiary/aromatic N) is 4. The van der Waals surface area contributed by atoms with Crippen molar-refractivity contribution in [2.45, 2.75) is 49.7 Å². The quantitative estimate of drug-likeness (QED) is 0.515. The van der Waals surface area contributed by atoms with E-state index in [9.17, 15) is 4.79 Å². The maximum atomic E-state index is 12.4. The third-order valence-electron chi connectivity index (χ3n) is 5.74. The van der Waals surface area contributed by atoms with Crippen molar-refractivity contribution in [3.05, 3.63) is 35.7 Å². The Morgan fingerprint density at radius 3 is 2.60 bits per heavy atom. The highest BCUT2D eigenvalue weighted by atomic mass is 32.2. The van der Waals surface area contributed by atoms with Crippen molar-refractivity contribution < 1.29 is 9.53 Å². The first kappa shape index (κ1) is 21.1. The summed E-state index contributed by atoms with van der Waals surface area (Å²) in [6.07, 6.45) is 5.94. The molecule has 9 heteroatoms. The molecule has 0 unspecified atom stereocenters. The number of rotatable bonds is 7. The highest BCUT2D eigenvalue weighted by Crippen LogP contribution is 2.32. The van der Waals surface area contributed by atoms with Crippen LogP contribution in [-0.4, -0.2) is 57.7 Å². The summed E-state index contributed by atoms with van der Waals surface area (Å²) in [5.41, 5.74) is 2.03. The molecule has 0 atom stereocenters. The van der Waals surface area contributed by atoms with Crippen molar-refractivity contribution >= 4 is 23.4 Å². The smallest absolute Gasteiger partial charge is 0.234 e. The van der Waals surface area contributed by atoms with Crippen LogP contribution >= 0.6 is 11.8 Å². The fourth-order valence-electron chi connectivity index (χ4n) is 4.06. The number of hydrogen-bond acceptors (Lipinski definition) is 7. The van der Waals surface area contributed by atoms with E-state index < -0.39 is 0 Å². The van der Waals surface area contributed by atoms with Crippen LogP contribution in [0.2, 0.25) is 0 Å².